The quantitative estimate of drug-likeness (QED) is 0.443. The summed E-state index contributed by atoms with van der Waals surface area (Å²) in [4.78, 5) is 40.6. The van der Waals surface area contributed by atoms with Crippen molar-refractivity contribution in [2.45, 2.75) is 32.1 Å². The number of aryl methyl sites for hydroxylation is 1. The molecule has 1 saturated heterocycles. The number of likely N-dealkylation sites (N-methyl/N-ethyl adjacent to an activating group) is 1. The van der Waals surface area contributed by atoms with E-state index < -0.39 is 51.9 Å². The van der Waals surface area contributed by atoms with Crippen LogP contribution < -0.4 is 21.5 Å². The van der Waals surface area contributed by atoms with Crippen LogP contribution in [0, 0.1) is 11.6 Å². The molecule has 41 heavy (non-hydrogen) atoms. The van der Waals surface area contributed by atoms with Crippen LogP contribution in [-0.4, -0.2) is 53.5 Å². The SMILES string of the molecule is CC1CN(c2cc(F)c(-c3ccc(C(N)=O)c(F)c3)cc2NC(=O)c2cn(C)c(=O)cc2C(F)(F)F)C[C@H](C)N1C. The van der Waals surface area contributed by atoms with Gasteiger partial charge in [-0.05, 0) is 50.7 Å². The van der Waals surface area contributed by atoms with Crippen molar-refractivity contribution < 1.29 is 31.5 Å². The molecule has 1 fully saturated rings. The molecule has 1 unspecified atom stereocenters. The molecular weight excluding hydrogens is 549 g/mol. The van der Waals surface area contributed by atoms with Crippen LogP contribution in [0.4, 0.5) is 33.3 Å². The fraction of sp³-hybridized carbons (Fsp3) is 0.321. The number of rotatable bonds is 5. The van der Waals surface area contributed by atoms with Gasteiger partial charge in [-0.1, -0.05) is 6.07 Å². The molecule has 2 heterocycles. The lowest BCUT2D eigenvalue weighted by Crippen LogP contribution is -2.55. The predicted molar refractivity (Wildman–Crippen MR) is 144 cm³/mol. The highest BCUT2D eigenvalue weighted by molar-refractivity contribution is 6.07. The first kappa shape index (κ1) is 29.7. The molecule has 2 atom stereocenters. The van der Waals surface area contributed by atoms with Gasteiger partial charge < -0.3 is 20.5 Å². The summed E-state index contributed by atoms with van der Waals surface area (Å²) >= 11 is 0. The van der Waals surface area contributed by atoms with Gasteiger partial charge in [0.2, 0.25) is 0 Å². The number of nitrogens with two attached hydrogens (primary N) is 1. The second-order valence-electron chi connectivity index (χ2n) is 10.2. The van der Waals surface area contributed by atoms with Crippen LogP contribution in [0.1, 0.15) is 40.1 Å². The van der Waals surface area contributed by atoms with Gasteiger partial charge in [0.15, 0.2) is 0 Å². The zero-order valence-electron chi connectivity index (χ0n) is 22.6. The monoisotopic (exact) mass is 577 g/mol. The van der Waals surface area contributed by atoms with Crippen molar-refractivity contribution in [3.63, 3.8) is 0 Å². The standard InChI is InChI=1S/C28H28F5N5O3/c1-14-11-38(12-15(2)37(14)4)24-10-22(30)18(16-5-6-17(26(34)40)21(29)7-16)8-23(24)35-27(41)19-13-36(3)25(39)9-20(19)28(31,32)33/h5-10,13-15H,11-12H2,1-4H3,(H2,34,40)(H,35,41)/t14-,15?/m0/s1. The van der Waals surface area contributed by atoms with E-state index in [1.165, 1.54) is 19.2 Å². The van der Waals surface area contributed by atoms with E-state index in [0.717, 1.165) is 29.0 Å². The molecule has 3 N–H and O–H groups in total. The Balaban J connectivity index is 1.86. The van der Waals surface area contributed by atoms with Gasteiger partial charge >= 0.3 is 6.18 Å². The molecule has 0 aliphatic carbocycles. The summed E-state index contributed by atoms with van der Waals surface area (Å²) in [6.45, 7) is 4.74. The number of carbonyl (C=O) groups excluding carboxylic acids is 2. The number of alkyl halides is 3. The van der Waals surface area contributed by atoms with Gasteiger partial charge in [-0.15, -0.1) is 0 Å². The summed E-state index contributed by atoms with van der Waals surface area (Å²) in [6.07, 6.45) is -4.22. The maximum atomic E-state index is 15.6. The van der Waals surface area contributed by atoms with Gasteiger partial charge in [0.05, 0.1) is 28.1 Å². The Morgan fingerprint density at radius 3 is 2.15 bits per heavy atom. The molecule has 8 nitrogen and oxygen atoms in total. The molecule has 0 bridgehead atoms. The first-order valence-corrected chi connectivity index (χ1v) is 12.6. The highest BCUT2D eigenvalue weighted by Crippen LogP contribution is 2.37. The van der Waals surface area contributed by atoms with Crippen molar-refractivity contribution in [1.29, 1.82) is 0 Å². The first-order valence-electron chi connectivity index (χ1n) is 12.6. The van der Waals surface area contributed by atoms with E-state index in [1.807, 2.05) is 20.9 Å². The number of nitrogens with one attached hydrogen (secondary N) is 1. The number of amides is 2. The van der Waals surface area contributed by atoms with E-state index in [4.69, 9.17) is 5.73 Å². The molecule has 0 spiro atoms. The molecule has 1 aliphatic heterocycles. The largest absolute Gasteiger partial charge is 0.417 e. The average Bonchev–Trinajstić information content (AvgIpc) is 2.88. The molecule has 1 aliphatic rings. The third kappa shape index (κ3) is 5.94. The maximum Gasteiger partial charge on any atom is 0.417 e. The fourth-order valence-electron chi connectivity index (χ4n) is 4.86. The van der Waals surface area contributed by atoms with Gasteiger partial charge in [0.25, 0.3) is 17.4 Å². The molecule has 0 radical (unpaired) electrons. The topological polar surface area (TPSA) is 101 Å². The van der Waals surface area contributed by atoms with Gasteiger partial charge in [-0.25, -0.2) is 8.78 Å². The Kier molecular flexibility index (Phi) is 7.94. The third-order valence-corrected chi connectivity index (χ3v) is 7.36. The summed E-state index contributed by atoms with van der Waals surface area (Å²) in [7, 11) is 3.14. The van der Waals surface area contributed by atoms with Crippen molar-refractivity contribution in [3.05, 3.63) is 81.3 Å². The molecule has 1 aromatic heterocycles. The number of anilines is 2. The van der Waals surface area contributed by atoms with Gasteiger partial charge in [0.1, 0.15) is 11.6 Å². The van der Waals surface area contributed by atoms with E-state index in [9.17, 15) is 31.9 Å². The van der Waals surface area contributed by atoms with Crippen molar-refractivity contribution in [2.75, 3.05) is 30.4 Å². The van der Waals surface area contributed by atoms with Crippen molar-refractivity contribution >= 4 is 23.2 Å². The van der Waals surface area contributed by atoms with Crippen LogP contribution >= 0.6 is 0 Å². The molecule has 3 aromatic rings. The number of benzene rings is 2. The number of halogens is 5. The summed E-state index contributed by atoms with van der Waals surface area (Å²) in [5.74, 6) is -3.99. The number of carbonyl (C=O) groups is 2. The van der Waals surface area contributed by atoms with Crippen LogP contribution in [0.25, 0.3) is 11.1 Å². The van der Waals surface area contributed by atoms with Crippen LogP contribution in [0.3, 0.4) is 0 Å². The fourth-order valence-corrected chi connectivity index (χ4v) is 4.86. The minimum absolute atomic E-state index is 0.00486. The zero-order chi connectivity index (χ0) is 30.4. The van der Waals surface area contributed by atoms with Gasteiger partial charge in [0, 0.05) is 50.0 Å². The van der Waals surface area contributed by atoms with Crippen LogP contribution in [0.5, 0.6) is 0 Å². The molecule has 4 rings (SSSR count). The van der Waals surface area contributed by atoms with Crippen LogP contribution in [0.2, 0.25) is 0 Å². The molecule has 2 aromatic carbocycles. The Morgan fingerprint density at radius 1 is 0.951 bits per heavy atom. The zero-order valence-corrected chi connectivity index (χ0v) is 22.6. The summed E-state index contributed by atoms with van der Waals surface area (Å²) in [5, 5.41) is 2.46. The molecule has 0 saturated carbocycles. The summed E-state index contributed by atoms with van der Waals surface area (Å²) in [5.41, 5.74) is 1.56. The number of pyridine rings is 1. The molecule has 218 valence electrons. The maximum absolute atomic E-state index is 15.6. The number of primary amides is 1. The molecular formula is C28H28F5N5O3. The van der Waals surface area contributed by atoms with Gasteiger partial charge in [-0.3, -0.25) is 19.3 Å². The highest BCUT2D eigenvalue weighted by Gasteiger charge is 2.37. The van der Waals surface area contributed by atoms with Crippen molar-refractivity contribution in [2.24, 2.45) is 12.8 Å². The van der Waals surface area contributed by atoms with Crippen LogP contribution in [0.15, 0.2) is 47.4 Å². The smallest absolute Gasteiger partial charge is 0.367 e. The molecule has 13 heteroatoms. The van der Waals surface area contributed by atoms with Gasteiger partial charge in [-0.2, -0.15) is 13.2 Å². The minimum Gasteiger partial charge on any atom is -0.367 e. The van der Waals surface area contributed by atoms with E-state index in [2.05, 4.69) is 10.2 Å². The second-order valence-corrected chi connectivity index (χ2v) is 10.2. The Bertz CT molecular complexity index is 1570. The van der Waals surface area contributed by atoms with E-state index in [1.54, 1.807) is 4.90 Å². The normalized spacial score (nSPS) is 17.9. The second kappa shape index (κ2) is 11.0. The number of aromatic nitrogens is 1. The Morgan fingerprint density at radius 2 is 1.59 bits per heavy atom. The predicted octanol–water partition coefficient (Wildman–Crippen LogP) is 4.23. The Labute approximate surface area is 232 Å². The van der Waals surface area contributed by atoms with E-state index in [-0.39, 0.29) is 34.6 Å². The number of nitrogens with zero attached hydrogens (tertiary/aromatic N) is 3. The number of hydrogen-bond acceptors (Lipinski definition) is 5. The highest BCUT2D eigenvalue weighted by atomic mass is 19.4. The minimum atomic E-state index is -5.00. The van der Waals surface area contributed by atoms with Crippen LogP contribution in [-0.2, 0) is 13.2 Å². The summed E-state index contributed by atoms with van der Waals surface area (Å²) < 4.78 is 72.2. The Hall–Kier alpha value is -4.26. The van der Waals surface area contributed by atoms with Crippen molar-refractivity contribution in [3.8, 4) is 11.1 Å². The molecule has 2 amide bonds. The number of hydrogen-bond donors (Lipinski definition) is 2. The lowest BCUT2D eigenvalue weighted by molar-refractivity contribution is -0.138. The number of piperazine rings is 1. The van der Waals surface area contributed by atoms with E-state index in [0.29, 0.717) is 19.2 Å². The lowest BCUT2D eigenvalue weighted by Gasteiger charge is -2.44. The summed E-state index contributed by atoms with van der Waals surface area (Å²) in [6, 6.07) is 5.94. The van der Waals surface area contributed by atoms with Crippen molar-refractivity contribution in [1.82, 2.24) is 9.47 Å². The lowest BCUT2D eigenvalue weighted by atomic mass is 9.99. The third-order valence-electron chi connectivity index (χ3n) is 7.36. The average molecular weight is 578 g/mol. The van der Waals surface area contributed by atoms with E-state index >= 15 is 4.39 Å². The first-order chi connectivity index (χ1) is 19.1.